The Balaban J connectivity index is 1.46. The normalized spacial score (nSPS) is 16.2. The summed E-state index contributed by atoms with van der Waals surface area (Å²) in [4.78, 5) is 28.7. The number of aromatic amines is 1. The van der Waals surface area contributed by atoms with E-state index < -0.39 is 0 Å². The Kier molecular flexibility index (Phi) is 5.92. The molecule has 35 heavy (non-hydrogen) atoms. The molecule has 2 unspecified atom stereocenters. The summed E-state index contributed by atoms with van der Waals surface area (Å²) in [5.74, 6) is 1.64. The average Bonchev–Trinajstić information content (AvgIpc) is 3.43. The lowest BCUT2D eigenvalue weighted by Gasteiger charge is -2.30. The van der Waals surface area contributed by atoms with Gasteiger partial charge in [-0.1, -0.05) is 18.2 Å². The summed E-state index contributed by atoms with van der Waals surface area (Å²) in [5.41, 5.74) is 3.41. The number of rotatable bonds is 6. The largest absolute Gasteiger partial charge is 0.496 e. The molecule has 0 aliphatic carbocycles. The number of amides is 1. The van der Waals surface area contributed by atoms with Crippen molar-refractivity contribution in [2.24, 2.45) is 5.92 Å². The van der Waals surface area contributed by atoms with E-state index in [2.05, 4.69) is 42.6 Å². The molecule has 2 N–H and O–H groups in total. The van der Waals surface area contributed by atoms with E-state index in [-0.39, 0.29) is 24.1 Å². The van der Waals surface area contributed by atoms with E-state index in [0.717, 1.165) is 41.8 Å². The Labute approximate surface area is 203 Å². The molecule has 1 amide bonds. The Morgan fingerprint density at radius 3 is 2.91 bits per heavy atom. The number of pyridine rings is 1. The van der Waals surface area contributed by atoms with Crippen LogP contribution in [0, 0.1) is 19.8 Å². The summed E-state index contributed by atoms with van der Waals surface area (Å²) in [5, 5.41) is 12.2. The number of carbonyl (C=O) groups is 1. The number of para-hydroxylation sites is 1. The quantitative estimate of drug-likeness (QED) is 0.446. The zero-order valence-corrected chi connectivity index (χ0v) is 20.5. The Morgan fingerprint density at radius 1 is 1.31 bits per heavy atom. The van der Waals surface area contributed by atoms with Crippen LogP contribution in [0.3, 0.4) is 0 Å². The standard InChI is InChI=1S/C26H30N6O3/c1-15-11-22(35-4)20(25(33)29-15)13-27-26(34)24-17(3)32(21-8-6-5-7-19(21)24)16(2)18-9-10-31-14-28-30-23(31)12-18/h5-8,11,14,16,18H,9-10,12-13H2,1-4H3,(H,27,34)(H,29,33). The summed E-state index contributed by atoms with van der Waals surface area (Å²) in [6.07, 6.45) is 3.67. The lowest BCUT2D eigenvalue weighted by atomic mass is 9.90. The fourth-order valence-electron chi connectivity index (χ4n) is 5.38. The third-order valence-corrected chi connectivity index (χ3v) is 7.23. The maximum Gasteiger partial charge on any atom is 0.256 e. The van der Waals surface area contributed by atoms with Gasteiger partial charge >= 0.3 is 0 Å². The number of H-pyrrole nitrogens is 1. The van der Waals surface area contributed by atoms with Crippen LogP contribution in [0.15, 0.2) is 41.5 Å². The molecule has 0 saturated heterocycles. The fourth-order valence-corrected chi connectivity index (χ4v) is 5.38. The number of nitrogens with one attached hydrogen (secondary N) is 2. The predicted molar refractivity (Wildman–Crippen MR) is 133 cm³/mol. The minimum absolute atomic E-state index is 0.0738. The molecule has 5 rings (SSSR count). The Morgan fingerprint density at radius 2 is 2.11 bits per heavy atom. The van der Waals surface area contributed by atoms with Crippen molar-refractivity contribution in [2.45, 2.75) is 52.7 Å². The molecule has 1 aromatic carbocycles. The molecule has 1 aliphatic rings. The molecule has 0 bridgehead atoms. The highest BCUT2D eigenvalue weighted by Crippen LogP contribution is 2.35. The van der Waals surface area contributed by atoms with Gasteiger partial charge < -0.3 is 24.2 Å². The number of carbonyl (C=O) groups excluding carboxylic acids is 1. The van der Waals surface area contributed by atoms with Crippen LogP contribution in [0.25, 0.3) is 10.9 Å². The van der Waals surface area contributed by atoms with Gasteiger partial charge in [-0.05, 0) is 45.2 Å². The van der Waals surface area contributed by atoms with E-state index in [9.17, 15) is 9.59 Å². The van der Waals surface area contributed by atoms with Crippen molar-refractivity contribution in [3.05, 3.63) is 75.4 Å². The molecule has 4 heterocycles. The van der Waals surface area contributed by atoms with Crippen molar-refractivity contribution in [3.8, 4) is 5.75 Å². The number of benzene rings is 1. The molecule has 3 aromatic heterocycles. The Hall–Kier alpha value is -3.88. The first-order chi connectivity index (χ1) is 16.9. The van der Waals surface area contributed by atoms with Gasteiger partial charge in [-0.25, -0.2) is 0 Å². The molecule has 0 saturated carbocycles. The minimum atomic E-state index is -0.264. The van der Waals surface area contributed by atoms with Crippen LogP contribution in [0.1, 0.15) is 52.5 Å². The molecular formula is C26H30N6O3. The van der Waals surface area contributed by atoms with Crippen LogP contribution >= 0.6 is 0 Å². The molecule has 9 nitrogen and oxygen atoms in total. The third-order valence-electron chi connectivity index (χ3n) is 7.23. The molecule has 182 valence electrons. The highest BCUT2D eigenvalue weighted by Gasteiger charge is 2.29. The number of methoxy groups -OCH3 is 1. The van der Waals surface area contributed by atoms with Gasteiger partial charge in [0.2, 0.25) is 0 Å². The zero-order valence-electron chi connectivity index (χ0n) is 20.5. The second kappa shape index (κ2) is 9.05. The second-order valence-electron chi connectivity index (χ2n) is 9.29. The van der Waals surface area contributed by atoms with Crippen molar-refractivity contribution in [2.75, 3.05) is 7.11 Å². The summed E-state index contributed by atoms with van der Waals surface area (Å²) >= 11 is 0. The van der Waals surface area contributed by atoms with E-state index in [4.69, 9.17) is 4.74 Å². The lowest BCUT2D eigenvalue weighted by Crippen LogP contribution is -2.29. The number of aryl methyl sites for hydroxylation is 2. The highest BCUT2D eigenvalue weighted by atomic mass is 16.5. The maximum atomic E-state index is 13.5. The SMILES string of the molecule is COc1cc(C)[nH]c(=O)c1CNC(=O)c1c(C)n(C(C)C2CCn3cnnc3C2)c2ccccc12. The van der Waals surface area contributed by atoms with Crippen LogP contribution in [0.4, 0.5) is 0 Å². The van der Waals surface area contributed by atoms with Crippen LogP contribution in [0.2, 0.25) is 0 Å². The molecule has 0 fully saturated rings. The molecule has 0 radical (unpaired) electrons. The number of aromatic nitrogens is 5. The van der Waals surface area contributed by atoms with E-state index in [1.807, 2.05) is 25.1 Å². The summed E-state index contributed by atoms with van der Waals surface area (Å²) < 4.78 is 9.77. The van der Waals surface area contributed by atoms with Gasteiger partial charge in [0.15, 0.2) is 0 Å². The molecule has 9 heteroatoms. The molecule has 2 atom stereocenters. The number of fused-ring (bicyclic) bond motifs is 2. The van der Waals surface area contributed by atoms with Crippen molar-refractivity contribution in [1.29, 1.82) is 0 Å². The van der Waals surface area contributed by atoms with Crippen molar-refractivity contribution >= 4 is 16.8 Å². The van der Waals surface area contributed by atoms with Crippen LogP contribution in [0.5, 0.6) is 5.75 Å². The van der Waals surface area contributed by atoms with Gasteiger partial charge in [-0.15, -0.1) is 10.2 Å². The van der Waals surface area contributed by atoms with E-state index >= 15 is 0 Å². The van der Waals surface area contributed by atoms with Crippen molar-refractivity contribution in [3.63, 3.8) is 0 Å². The highest BCUT2D eigenvalue weighted by molar-refractivity contribution is 6.08. The van der Waals surface area contributed by atoms with Gasteiger partial charge in [0, 0.05) is 41.3 Å². The fraction of sp³-hybridized carbons (Fsp3) is 0.385. The third kappa shape index (κ3) is 4.00. The van der Waals surface area contributed by atoms with Crippen molar-refractivity contribution in [1.82, 2.24) is 29.6 Å². The lowest BCUT2D eigenvalue weighted by molar-refractivity contribution is 0.0951. The topological polar surface area (TPSA) is 107 Å². The number of hydrogen-bond acceptors (Lipinski definition) is 5. The maximum absolute atomic E-state index is 13.5. The number of nitrogens with zero attached hydrogens (tertiary/aromatic N) is 4. The first-order valence-corrected chi connectivity index (χ1v) is 11.9. The van der Waals surface area contributed by atoms with Gasteiger partial charge in [0.1, 0.15) is 17.9 Å². The molecule has 0 spiro atoms. The van der Waals surface area contributed by atoms with Crippen molar-refractivity contribution < 1.29 is 9.53 Å². The summed E-state index contributed by atoms with van der Waals surface area (Å²) in [6.45, 7) is 6.98. The van der Waals surface area contributed by atoms with Gasteiger partial charge in [-0.2, -0.15) is 0 Å². The zero-order chi connectivity index (χ0) is 24.7. The second-order valence-corrected chi connectivity index (χ2v) is 9.29. The molecular weight excluding hydrogens is 444 g/mol. The average molecular weight is 475 g/mol. The van der Waals surface area contributed by atoms with E-state index in [0.29, 0.717) is 28.5 Å². The summed E-state index contributed by atoms with van der Waals surface area (Å²) in [7, 11) is 1.52. The number of hydrogen-bond donors (Lipinski definition) is 2. The smallest absolute Gasteiger partial charge is 0.256 e. The number of ether oxygens (including phenoxy) is 1. The minimum Gasteiger partial charge on any atom is -0.496 e. The van der Waals surface area contributed by atoms with E-state index in [1.54, 1.807) is 19.3 Å². The van der Waals surface area contributed by atoms with Gasteiger partial charge in [0.05, 0.1) is 24.8 Å². The first-order valence-electron chi connectivity index (χ1n) is 11.9. The monoisotopic (exact) mass is 474 g/mol. The first kappa shape index (κ1) is 22.9. The molecule has 1 aliphatic heterocycles. The van der Waals surface area contributed by atoms with Gasteiger partial charge in [0.25, 0.3) is 11.5 Å². The van der Waals surface area contributed by atoms with E-state index in [1.165, 1.54) is 7.11 Å². The van der Waals surface area contributed by atoms with Crippen LogP contribution in [-0.2, 0) is 19.5 Å². The predicted octanol–water partition coefficient (Wildman–Crippen LogP) is 3.30. The molecule has 4 aromatic rings. The van der Waals surface area contributed by atoms with Crippen LogP contribution in [-0.4, -0.2) is 37.3 Å². The summed E-state index contributed by atoms with van der Waals surface area (Å²) in [6, 6.07) is 9.93. The Bertz CT molecular complexity index is 1460. The van der Waals surface area contributed by atoms with Crippen LogP contribution < -0.4 is 15.6 Å². The van der Waals surface area contributed by atoms with Gasteiger partial charge in [-0.3, -0.25) is 9.59 Å².